The van der Waals surface area contributed by atoms with Crippen LogP contribution in [0.1, 0.15) is 20.8 Å². The van der Waals surface area contributed by atoms with Crippen molar-refractivity contribution in [1.29, 1.82) is 0 Å². The summed E-state index contributed by atoms with van der Waals surface area (Å²) in [5.74, 6) is -1.67. The molecule has 88 valence electrons. The SMILES string of the molecule is CC(=O)NC(C(=O)O)[C](C)(C)[Ge]([Cl])([Cl])[Cl]. The molecule has 0 spiro atoms. The van der Waals surface area contributed by atoms with E-state index in [4.69, 9.17) is 35.1 Å². The molecule has 2 N–H and O–H groups in total. The first-order valence-corrected chi connectivity index (χ1v) is 13.4. The molecule has 0 aromatic heterocycles. The van der Waals surface area contributed by atoms with Gasteiger partial charge in [0, 0.05) is 0 Å². The summed E-state index contributed by atoms with van der Waals surface area (Å²) in [6.45, 7) is 4.29. The molecule has 0 fully saturated rings. The minimum atomic E-state index is -3.77. The molecule has 0 heterocycles. The minimum absolute atomic E-state index is 0.466. The van der Waals surface area contributed by atoms with Crippen molar-refractivity contribution in [2.75, 3.05) is 0 Å². The fourth-order valence-electron chi connectivity index (χ4n) is 0.918. The second-order valence-electron chi connectivity index (χ2n) is 3.69. The molecule has 0 aromatic carbocycles. The number of halogens is 3. The van der Waals surface area contributed by atoms with E-state index in [0.717, 1.165) is 0 Å². The molecule has 15 heavy (non-hydrogen) atoms. The quantitative estimate of drug-likeness (QED) is 0.772. The molecule has 1 unspecified atom stereocenters. The Morgan fingerprint density at radius 3 is 1.93 bits per heavy atom. The van der Waals surface area contributed by atoms with E-state index in [-0.39, 0.29) is 0 Å². The predicted molar refractivity (Wildman–Crippen MR) is 62.6 cm³/mol. The Labute approximate surface area is 103 Å². The van der Waals surface area contributed by atoms with Crippen LogP contribution in [0.25, 0.3) is 0 Å². The summed E-state index contributed by atoms with van der Waals surface area (Å²) in [4.78, 5) is 21.8. The Morgan fingerprint density at radius 1 is 1.33 bits per heavy atom. The average Bonchev–Trinajstić information content (AvgIpc) is 1.96. The van der Waals surface area contributed by atoms with E-state index in [1.807, 2.05) is 0 Å². The zero-order chi connectivity index (χ0) is 12.4. The van der Waals surface area contributed by atoms with Crippen molar-refractivity contribution >= 4 is 52.4 Å². The van der Waals surface area contributed by atoms with E-state index >= 15 is 0 Å². The number of nitrogens with one attached hydrogen (secondary N) is 1. The molecule has 0 aromatic rings. The molecule has 0 aliphatic carbocycles. The molecule has 4 nitrogen and oxygen atoms in total. The van der Waals surface area contributed by atoms with Crippen molar-refractivity contribution in [1.82, 2.24) is 5.32 Å². The molecule has 0 bridgehead atoms. The average molecular weight is 337 g/mol. The van der Waals surface area contributed by atoms with Crippen molar-refractivity contribution in [2.24, 2.45) is 0 Å². The molecule has 0 saturated carbocycles. The van der Waals surface area contributed by atoms with Crippen molar-refractivity contribution < 1.29 is 14.7 Å². The number of hydrogen-bond donors (Lipinski definition) is 2. The third-order valence-corrected chi connectivity index (χ3v) is 13.3. The van der Waals surface area contributed by atoms with Gasteiger partial charge in [0.1, 0.15) is 0 Å². The number of carboxylic acid groups (broad SMARTS) is 1. The van der Waals surface area contributed by atoms with Crippen molar-refractivity contribution in [3.05, 3.63) is 0 Å². The van der Waals surface area contributed by atoms with Crippen LogP contribution >= 0.6 is 30.0 Å². The van der Waals surface area contributed by atoms with E-state index in [1.54, 1.807) is 0 Å². The van der Waals surface area contributed by atoms with Crippen LogP contribution in [0.4, 0.5) is 0 Å². The predicted octanol–water partition coefficient (Wildman–Crippen LogP) is 2.01. The van der Waals surface area contributed by atoms with Crippen molar-refractivity contribution in [3.63, 3.8) is 0 Å². The maximum atomic E-state index is 11.0. The molecule has 0 aliphatic heterocycles. The number of rotatable bonds is 4. The van der Waals surface area contributed by atoms with Crippen LogP contribution in [0.2, 0.25) is 4.25 Å². The maximum absolute atomic E-state index is 11.0. The number of amides is 1. The summed E-state index contributed by atoms with van der Waals surface area (Å²) in [7, 11) is 13.8. The molecule has 8 heteroatoms. The Bertz CT molecular complexity index is 277. The summed E-state index contributed by atoms with van der Waals surface area (Å²) in [5.41, 5.74) is 0. The molecular weight excluding hydrogens is 325 g/mol. The second-order valence-corrected chi connectivity index (χ2v) is 20.3. The van der Waals surface area contributed by atoms with Gasteiger partial charge in [-0.25, -0.2) is 0 Å². The van der Waals surface area contributed by atoms with Crippen LogP contribution in [0.3, 0.4) is 0 Å². The Hall–Kier alpha value is 0.353. The van der Waals surface area contributed by atoms with Crippen LogP contribution in [0, 0.1) is 0 Å². The van der Waals surface area contributed by atoms with Gasteiger partial charge in [0.05, 0.1) is 0 Å². The number of carbonyl (C=O) groups excluding carboxylic acids is 1. The summed E-state index contributed by atoms with van der Waals surface area (Å²) in [6.07, 6.45) is 0. The zero-order valence-electron chi connectivity index (χ0n) is 8.47. The number of aliphatic carboxylic acids is 1. The van der Waals surface area contributed by atoms with E-state index in [1.165, 1.54) is 20.8 Å². The normalized spacial score (nSPS) is 14.5. The van der Waals surface area contributed by atoms with Crippen molar-refractivity contribution in [2.45, 2.75) is 31.1 Å². The van der Waals surface area contributed by atoms with Gasteiger partial charge in [-0.05, 0) is 0 Å². The zero-order valence-corrected chi connectivity index (χ0v) is 12.8. The standard InChI is InChI=1S/C7H12Cl3GeNO3/c1-4(13)12-5(6(14)15)7(2,3)11(8,9)10/h5H,1-3H3,(H,12,13)(H,14,15). The molecule has 1 amide bonds. The van der Waals surface area contributed by atoms with E-state index in [0.29, 0.717) is 0 Å². The van der Waals surface area contributed by atoms with Gasteiger partial charge in [0.25, 0.3) is 0 Å². The van der Waals surface area contributed by atoms with Gasteiger partial charge in [-0.15, -0.1) is 0 Å². The summed E-state index contributed by atoms with van der Waals surface area (Å²) in [6, 6.07) is -1.18. The third-order valence-electron chi connectivity index (χ3n) is 2.05. The first-order valence-electron chi connectivity index (χ1n) is 4.06. The fraction of sp³-hybridized carbons (Fsp3) is 0.714. The van der Waals surface area contributed by atoms with Gasteiger partial charge < -0.3 is 0 Å². The monoisotopic (exact) mass is 337 g/mol. The van der Waals surface area contributed by atoms with Crippen LogP contribution in [-0.4, -0.2) is 33.5 Å². The Kier molecular flexibility index (Phi) is 5.24. The molecule has 0 saturated heterocycles. The van der Waals surface area contributed by atoms with Crippen LogP contribution in [0.15, 0.2) is 0 Å². The van der Waals surface area contributed by atoms with Gasteiger partial charge in [-0.3, -0.25) is 0 Å². The van der Waals surface area contributed by atoms with Gasteiger partial charge in [-0.2, -0.15) is 0 Å². The first-order chi connectivity index (χ1) is 6.50. The third kappa shape index (κ3) is 4.02. The first kappa shape index (κ1) is 15.4. The van der Waals surface area contributed by atoms with Gasteiger partial charge >= 0.3 is 103 Å². The van der Waals surface area contributed by atoms with E-state index < -0.39 is 32.6 Å². The summed E-state index contributed by atoms with van der Waals surface area (Å²) < 4.78 is -1.04. The van der Waals surface area contributed by atoms with E-state index in [9.17, 15) is 9.59 Å². The van der Waals surface area contributed by atoms with Crippen LogP contribution < -0.4 is 5.32 Å². The van der Waals surface area contributed by atoms with Crippen molar-refractivity contribution in [3.8, 4) is 0 Å². The fourth-order valence-corrected chi connectivity index (χ4v) is 3.72. The second kappa shape index (κ2) is 5.12. The molecule has 0 radical (unpaired) electrons. The van der Waals surface area contributed by atoms with Gasteiger partial charge in [0.2, 0.25) is 0 Å². The number of hydrogen-bond acceptors (Lipinski definition) is 2. The van der Waals surface area contributed by atoms with Crippen LogP contribution in [0.5, 0.6) is 0 Å². The molecular formula is C7H12Cl3GeNO3. The van der Waals surface area contributed by atoms with Gasteiger partial charge in [0.15, 0.2) is 0 Å². The Morgan fingerprint density at radius 2 is 1.73 bits per heavy atom. The summed E-state index contributed by atoms with van der Waals surface area (Å²) >= 11 is 0. The molecule has 0 rings (SSSR count). The molecule has 0 aliphatic rings. The van der Waals surface area contributed by atoms with Crippen LogP contribution in [-0.2, 0) is 9.59 Å². The topological polar surface area (TPSA) is 66.4 Å². The van der Waals surface area contributed by atoms with Gasteiger partial charge in [-0.1, -0.05) is 0 Å². The molecule has 1 atom stereocenters. The van der Waals surface area contributed by atoms with E-state index in [2.05, 4.69) is 5.32 Å². The number of carboxylic acids is 1. The number of carbonyl (C=O) groups is 2. The Balaban J connectivity index is 5.08. The summed E-state index contributed by atoms with van der Waals surface area (Å²) in [5, 5.41) is 11.2.